The summed E-state index contributed by atoms with van der Waals surface area (Å²) in [6.07, 6.45) is -2.15. The second-order valence-electron chi connectivity index (χ2n) is 13.4. The van der Waals surface area contributed by atoms with Gasteiger partial charge in [-0.05, 0) is 27.8 Å². The standard InChI is InChI=1S/C43H46NO9P/c1-33(45)44-41-40(50-30-37-23-13-5-14-24-37)39(32-49-29-36-21-11-4-12-22-36)52-43(53-54(46,47)48,28-35-19-9-3-10-20-35)42(41,27-34-17-7-2-8-18-34)51-31-38-25-15-6-16-26-38/h2-26,39-41H,27-32H2,1H3,(H,44,45)(H2,46,47,48)/t39-,40-,41+,42-,43-/m1/s1. The van der Waals surface area contributed by atoms with Crippen LogP contribution in [0.3, 0.4) is 0 Å². The lowest BCUT2D eigenvalue weighted by Gasteiger charge is -2.59. The van der Waals surface area contributed by atoms with Gasteiger partial charge in [-0.15, -0.1) is 0 Å². The molecule has 282 valence electrons. The summed E-state index contributed by atoms with van der Waals surface area (Å²) in [6.45, 7) is 1.64. The summed E-state index contributed by atoms with van der Waals surface area (Å²) < 4.78 is 46.5. The fourth-order valence-corrected chi connectivity index (χ4v) is 7.72. The van der Waals surface area contributed by atoms with Gasteiger partial charge in [0.25, 0.3) is 0 Å². The summed E-state index contributed by atoms with van der Waals surface area (Å²) in [5, 5.41) is 3.12. The Kier molecular flexibility index (Phi) is 13.2. The van der Waals surface area contributed by atoms with Crippen molar-refractivity contribution in [1.29, 1.82) is 0 Å². The minimum atomic E-state index is -5.36. The van der Waals surface area contributed by atoms with Crippen LogP contribution >= 0.6 is 7.82 Å². The molecule has 0 radical (unpaired) electrons. The van der Waals surface area contributed by atoms with E-state index in [4.69, 9.17) is 23.5 Å². The number of hydrogen-bond acceptors (Lipinski definition) is 7. The first kappa shape index (κ1) is 39.2. The van der Waals surface area contributed by atoms with Crippen molar-refractivity contribution in [3.05, 3.63) is 179 Å². The maximum absolute atomic E-state index is 13.4. The van der Waals surface area contributed by atoms with Gasteiger partial charge in [0.05, 0.1) is 32.5 Å². The minimum Gasteiger partial charge on any atom is -0.374 e. The van der Waals surface area contributed by atoms with E-state index in [9.17, 15) is 19.1 Å². The Bertz CT molecular complexity index is 1930. The number of phosphoric ester groups is 1. The summed E-state index contributed by atoms with van der Waals surface area (Å²) in [6, 6.07) is 46.0. The molecule has 1 heterocycles. The van der Waals surface area contributed by atoms with Crippen LogP contribution in [0.25, 0.3) is 0 Å². The lowest BCUT2D eigenvalue weighted by atomic mass is 9.71. The predicted octanol–water partition coefficient (Wildman–Crippen LogP) is 6.94. The van der Waals surface area contributed by atoms with Gasteiger partial charge in [-0.1, -0.05) is 152 Å². The summed E-state index contributed by atoms with van der Waals surface area (Å²) >= 11 is 0. The number of rotatable bonds is 17. The third-order valence-corrected chi connectivity index (χ3v) is 9.95. The highest BCUT2D eigenvalue weighted by Crippen LogP contribution is 2.54. The minimum absolute atomic E-state index is 0.00123. The van der Waals surface area contributed by atoms with E-state index in [-0.39, 0.29) is 39.3 Å². The zero-order valence-electron chi connectivity index (χ0n) is 30.1. The maximum atomic E-state index is 13.4. The summed E-state index contributed by atoms with van der Waals surface area (Å²) in [7, 11) is -5.36. The van der Waals surface area contributed by atoms with E-state index in [0.717, 1.165) is 22.3 Å². The topological polar surface area (TPSA) is 133 Å². The number of carbonyl (C=O) groups excluding carboxylic acids is 1. The first-order chi connectivity index (χ1) is 26.1. The van der Waals surface area contributed by atoms with Gasteiger partial charge < -0.3 is 34.1 Å². The fourth-order valence-electron chi connectivity index (χ4n) is 7.07. The van der Waals surface area contributed by atoms with Crippen LogP contribution in [0.2, 0.25) is 0 Å². The van der Waals surface area contributed by atoms with Crippen LogP contribution in [0.5, 0.6) is 0 Å². The second kappa shape index (κ2) is 18.2. The average Bonchev–Trinajstić information content (AvgIpc) is 3.17. The van der Waals surface area contributed by atoms with E-state index < -0.39 is 43.4 Å². The monoisotopic (exact) mass is 751 g/mol. The fraction of sp³-hybridized carbons (Fsp3) is 0.279. The average molecular weight is 752 g/mol. The lowest BCUT2D eigenvalue weighted by Crippen LogP contribution is -2.79. The van der Waals surface area contributed by atoms with Gasteiger partial charge in [-0.3, -0.25) is 9.32 Å². The molecule has 0 bridgehead atoms. The second-order valence-corrected chi connectivity index (χ2v) is 14.6. The van der Waals surface area contributed by atoms with Crippen LogP contribution in [-0.4, -0.2) is 51.9 Å². The molecule has 0 spiro atoms. The molecule has 0 aromatic heterocycles. The molecule has 10 nitrogen and oxygen atoms in total. The third-order valence-electron chi connectivity index (χ3n) is 9.42. The van der Waals surface area contributed by atoms with E-state index >= 15 is 0 Å². The molecule has 0 aliphatic carbocycles. The van der Waals surface area contributed by atoms with Gasteiger partial charge in [-0.2, -0.15) is 0 Å². The number of hydrogen-bond donors (Lipinski definition) is 3. The van der Waals surface area contributed by atoms with Gasteiger partial charge in [0.1, 0.15) is 17.8 Å². The predicted molar refractivity (Wildman–Crippen MR) is 204 cm³/mol. The van der Waals surface area contributed by atoms with Crippen molar-refractivity contribution in [2.45, 2.75) is 69.2 Å². The van der Waals surface area contributed by atoms with E-state index in [2.05, 4.69) is 5.32 Å². The van der Waals surface area contributed by atoms with Crippen LogP contribution in [0.15, 0.2) is 152 Å². The van der Waals surface area contributed by atoms with Gasteiger partial charge in [0.2, 0.25) is 11.7 Å². The molecule has 54 heavy (non-hydrogen) atoms. The van der Waals surface area contributed by atoms with Crippen LogP contribution < -0.4 is 5.32 Å². The van der Waals surface area contributed by atoms with Gasteiger partial charge in [0, 0.05) is 19.8 Å². The number of nitrogens with one attached hydrogen (secondary N) is 1. The van der Waals surface area contributed by atoms with Crippen molar-refractivity contribution in [2.24, 2.45) is 0 Å². The number of carbonyl (C=O) groups is 1. The van der Waals surface area contributed by atoms with Crippen molar-refractivity contribution in [3.8, 4) is 0 Å². The molecule has 5 atom stereocenters. The van der Waals surface area contributed by atoms with E-state index in [1.54, 1.807) is 0 Å². The summed E-state index contributed by atoms with van der Waals surface area (Å²) in [5.74, 6) is -2.64. The number of phosphoric acid groups is 1. The van der Waals surface area contributed by atoms with Gasteiger partial charge in [0.15, 0.2) is 0 Å². The molecule has 0 saturated carbocycles. The Morgan fingerprint density at radius 3 is 1.59 bits per heavy atom. The zero-order valence-corrected chi connectivity index (χ0v) is 31.0. The molecule has 5 aromatic rings. The van der Waals surface area contributed by atoms with Crippen LogP contribution in [0.1, 0.15) is 34.7 Å². The van der Waals surface area contributed by atoms with E-state index in [0.29, 0.717) is 5.56 Å². The van der Waals surface area contributed by atoms with Crippen molar-refractivity contribution < 1.29 is 42.6 Å². The van der Waals surface area contributed by atoms with Gasteiger partial charge in [-0.25, -0.2) is 4.57 Å². The molecule has 1 aliphatic rings. The quantitative estimate of drug-likeness (QED) is 0.0865. The number of amides is 1. The van der Waals surface area contributed by atoms with Crippen molar-refractivity contribution in [2.75, 3.05) is 6.61 Å². The highest BCUT2D eigenvalue weighted by Gasteiger charge is 2.69. The van der Waals surface area contributed by atoms with Gasteiger partial charge >= 0.3 is 7.82 Å². The van der Waals surface area contributed by atoms with Crippen molar-refractivity contribution in [3.63, 3.8) is 0 Å². The highest BCUT2D eigenvalue weighted by atomic mass is 31.2. The molecule has 1 amide bonds. The van der Waals surface area contributed by atoms with E-state index in [1.807, 2.05) is 152 Å². The SMILES string of the molecule is CC(=O)N[C@H]1[C@H](OCc2ccccc2)[C@@H](COCc2ccccc2)O[C@](Cc2ccccc2)(OP(=O)(O)O)[C@]1(Cc1ccccc1)OCc1ccccc1. The Labute approximate surface area is 316 Å². The number of ether oxygens (including phenoxy) is 4. The largest absolute Gasteiger partial charge is 0.472 e. The van der Waals surface area contributed by atoms with Crippen LogP contribution in [0, 0.1) is 0 Å². The maximum Gasteiger partial charge on any atom is 0.472 e. The molecule has 1 fully saturated rings. The summed E-state index contributed by atoms with van der Waals surface area (Å²) in [5.41, 5.74) is 2.14. The molecular weight excluding hydrogens is 705 g/mol. The first-order valence-corrected chi connectivity index (χ1v) is 19.4. The highest BCUT2D eigenvalue weighted by molar-refractivity contribution is 7.46. The lowest BCUT2D eigenvalue weighted by molar-refractivity contribution is -0.377. The molecule has 1 saturated heterocycles. The Morgan fingerprint density at radius 1 is 0.667 bits per heavy atom. The smallest absolute Gasteiger partial charge is 0.374 e. The Balaban J connectivity index is 1.56. The van der Waals surface area contributed by atoms with Crippen molar-refractivity contribution in [1.82, 2.24) is 5.32 Å². The normalized spacial score (nSPS) is 22.8. The van der Waals surface area contributed by atoms with Crippen molar-refractivity contribution >= 4 is 13.7 Å². The molecule has 11 heteroatoms. The first-order valence-electron chi connectivity index (χ1n) is 17.9. The van der Waals surface area contributed by atoms with E-state index in [1.165, 1.54) is 6.92 Å². The Morgan fingerprint density at radius 2 is 1.11 bits per heavy atom. The molecular formula is C43H46NO9P. The van der Waals surface area contributed by atoms with Crippen LogP contribution in [-0.2, 0) is 65.5 Å². The molecule has 3 N–H and O–H groups in total. The molecule has 0 unspecified atom stereocenters. The third kappa shape index (κ3) is 10.2. The Hall–Kier alpha value is -4.48. The molecule has 6 rings (SSSR count). The summed E-state index contributed by atoms with van der Waals surface area (Å²) in [4.78, 5) is 35.0. The molecule has 5 aromatic carbocycles. The molecule has 1 aliphatic heterocycles. The zero-order chi connectivity index (χ0) is 37.9. The number of benzene rings is 5. The van der Waals surface area contributed by atoms with Crippen LogP contribution in [0.4, 0.5) is 0 Å².